The van der Waals surface area contributed by atoms with Crippen molar-refractivity contribution >= 4 is 0 Å². The third kappa shape index (κ3) is 3.18. The van der Waals surface area contributed by atoms with Crippen LogP contribution in [0.3, 0.4) is 0 Å². The number of benzene rings is 1. The van der Waals surface area contributed by atoms with E-state index in [0.29, 0.717) is 6.42 Å². The molecule has 19 heavy (non-hydrogen) atoms. The molecule has 1 heterocycles. The highest BCUT2D eigenvalue weighted by Crippen LogP contribution is 2.26. The summed E-state index contributed by atoms with van der Waals surface area (Å²) < 4.78 is 10.6. The zero-order valence-corrected chi connectivity index (χ0v) is 11.6. The van der Waals surface area contributed by atoms with E-state index in [4.69, 9.17) is 9.47 Å². The molecule has 1 aliphatic heterocycles. The third-order valence-corrected chi connectivity index (χ3v) is 3.63. The molecule has 0 radical (unpaired) electrons. The predicted octanol–water partition coefficient (Wildman–Crippen LogP) is 2.23. The topological polar surface area (TPSA) is 45.5 Å². The van der Waals surface area contributed by atoms with Gasteiger partial charge >= 0.3 is 0 Å². The standard InChI is InChI=1S/C15H20N2O2/c1-18-14-5-6-15(19-2)12(10-14)9-13(11-16)17-7-3-4-8-17/h5-6,10,13H,3-4,7-9H2,1-2H3. The van der Waals surface area contributed by atoms with Crippen LogP contribution in [0.25, 0.3) is 0 Å². The summed E-state index contributed by atoms with van der Waals surface area (Å²) in [6.07, 6.45) is 3.05. The summed E-state index contributed by atoms with van der Waals surface area (Å²) in [4.78, 5) is 2.25. The average molecular weight is 260 g/mol. The van der Waals surface area contributed by atoms with E-state index in [9.17, 15) is 5.26 Å². The lowest BCUT2D eigenvalue weighted by Gasteiger charge is -2.22. The second-order valence-electron chi connectivity index (χ2n) is 4.77. The maximum atomic E-state index is 9.37. The molecule has 0 spiro atoms. The minimum Gasteiger partial charge on any atom is -0.497 e. The van der Waals surface area contributed by atoms with Gasteiger partial charge in [-0.2, -0.15) is 5.26 Å². The molecule has 0 aliphatic carbocycles. The number of likely N-dealkylation sites (tertiary alicyclic amines) is 1. The molecule has 102 valence electrons. The van der Waals surface area contributed by atoms with Crippen molar-refractivity contribution in [3.8, 4) is 17.6 Å². The fraction of sp³-hybridized carbons (Fsp3) is 0.533. The van der Waals surface area contributed by atoms with E-state index < -0.39 is 0 Å². The maximum Gasteiger partial charge on any atom is 0.122 e. The summed E-state index contributed by atoms with van der Waals surface area (Å²) in [5.74, 6) is 1.62. The number of nitrogens with zero attached hydrogens (tertiary/aromatic N) is 2. The Labute approximate surface area is 114 Å². The van der Waals surface area contributed by atoms with E-state index in [1.807, 2.05) is 18.2 Å². The number of rotatable bonds is 5. The van der Waals surface area contributed by atoms with E-state index in [0.717, 1.165) is 30.2 Å². The van der Waals surface area contributed by atoms with Gasteiger partial charge in [-0.3, -0.25) is 4.90 Å². The van der Waals surface area contributed by atoms with Crippen molar-refractivity contribution in [1.29, 1.82) is 5.26 Å². The van der Waals surface area contributed by atoms with Crippen LogP contribution >= 0.6 is 0 Å². The minimum atomic E-state index is -0.0801. The maximum absolute atomic E-state index is 9.37. The normalized spacial score (nSPS) is 16.9. The average Bonchev–Trinajstić information content (AvgIpc) is 2.98. The lowest BCUT2D eigenvalue weighted by molar-refractivity contribution is 0.285. The summed E-state index contributed by atoms with van der Waals surface area (Å²) in [5.41, 5.74) is 1.03. The quantitative estimate of drug-likeness (QED) is 0.814. The molecule has 0 amide bonds. The van der Waals surface area contributed by atoms with Gasteiger partial charge in [0.15, 0.2) is 0 Å². The van der Waals surface area contributed by atoms with Crippen LogP contribution in [-0.2, 0) is 6.42 Å². The first-order valence-corrected chi connectivity index (χ1v) is 6.63. The Kier molecular flexibility index (Phi) is 4.64. The summed E-state index contributed by atoms with van der Waals surface area (Å²) in [5, 5.41) is 9.37. The van der Waals surface area contributed by atoms with Crippen LogP contribution in [-0.4, -0.2) is 38.3 Å². The molecule has 4 heteroatoms. The molecule has 4 nitrogen and oxygen atoms in total. The predicted molar refractivity (Wildman–Crippen MR) is 73.5 cm³/mol. The van der Waals surface area contributed by atoms with Crippen molar-refractivity contribution in [2.75, 3.05) is 27.3 Å². The summed E-state index contributed by atoms with van der Waals surface area (Å²) in [6.45, 7) is 2.04. The van der Waals surface area contributed by atoms with Gasteiger partial charge in [-0.05, 0) is 44.1 Å². The highest BCUT2D eigenvalue weighted by atomic mass is 16.5. The van der Waals surface area contributed by atoms with Crippen molar-refractivity contribution in [3.63, 3.8) is 0 Å². The molecule has 1 saturated heterocycles. The third-order valence-electron chi connectivity index (χ3n) is 3.63. The summed E-state index contributed by atoms with van der Waals surface area (Å²) in [6, 6.07) is 8.06. The van der Waals surface area contributed by atoms with Crippen LogP contribution in [0.15, 0.2) is 18.2 Å². The monoisotopic (exact) mass is 260 g/mol. The highest BCUT2D eigenvalue weighted by molar-refractivity contribution is 5.41. The fourth-order valence-electron chi connectivity index (χ4n) is 2.56. The fourth-order valence-corrected chi connectivity index (χ4v) is 2.56. The van der Waals surface area contributed by atoms with Gasteiger partial charge in [-0.15, -0.1) is 0 Å². The Morgan fingerprint density at radius 2 is 2.00 bits per heavy atom. The number of nitriles is 1. The molecule has 1 aliphatic rings. The molecule has 0 saturated carbocycles. The second kappa shape index (κ2) is 6.44. The van der Waals surface area contributed by atoms with Crippen molar-refractivity contribution in [3.05, 3.63) is 23.8 Å². The Balaban J connectivity index is 2.17. The molecule has 1 fully saturated rings. The summed E-state index contributed by atoms with van der Waals surface area (Å²) in [7, 11) is 3.30. The SMILES string of the molecule is COc1ccc(OC)c(CC(C#N)N2CCCC2)c1. The van der Waals surface area contributed by atoms with Crippen LogP contribution in [0.5, 0.6) is 11.5 Å². The lowest BCUT2D eigenvalue weighted by atomic mass is 10.0. The van der Waals surface area contributed by atoms with Crippen LogP contribution in [0.2, 0.25) is 0 Å². The minimum absolute atomic E-state index is 0.0801. The highest BCUT2D eigenvalue weighted by Gasteiger charge is 2.23. The molecule has 1 aromatic carbocycles. The van der Waals surface area contributed by atoms with Crippen molar-refractivity contribution in [1.82, 2.24) is 4.90 Å². The van der Waals surface area contributed by atoms with Gasteiger partial charge in [0.1, 0.15) is 17.5 Å². The molecular weight excluding hydrogens is 240 g/mol. The van der Waals surface area contributed by atoms with E-state index in [1.165, 1.54) is 12.8 Å². The van der Waals surface area contributed by atoms with Gasteiger partial charge in [0.25, 0.3) is 0 Å². The largest absolute Gasteiger partial charge is 0.497 e. The molecule has 2 rings (SSSR count). The molecule has 1 unspecified atom stereocenters. The first-order valence-electron chi connectivity index (χ1n) is 6.63. The van der Waals surface area contributed by atoms with E-state index in [2.05, 4.69) is 11.0 Å². The van der Waals surface area contributed by atoms with E-state index in [-0.39, 0.29) is 6.04 Å². The first kappa shape index (κ1) is 13.7. The molecule has 0 aromatic heterocycles. The van der Waals surface area contributed by atoms with Crippen molar-refractivity contribution in [2.45, 2.75) is 25.3 Å². The zero-order valence-electron chi connectivity index (χ0n) is 11.6. The van der Waals surface area contributed by atoms with Gasteiger partial charge in [-0.1, -0.05) is 0 Å². The van der Waals surface area contributed by atoms with Gasteiger partial charge in [0, 0.05) is 12.0 Å². The molecule has 0 bridgehead atoms. The molecular formula is C15H20N2O2. The van der Waals surface area contributed by atoms with Crippen molar-refractivity contribution < 1.29 is 9.47 Å². The zero-order chi connectivity index (χ0) is 13.7. The van der Waals surface area contributed by atoms with Gasteiger partial charge in [0.05, 0.1) is 20.3 Å². The van der Waals surface area contributed by atoms with E-state index in [1.54, 1.807) is 14.2 Å². The van der Waals surface area contributed by atoms with Crippen molar-refractivity contribution in [2.24, 2.45) is 0 Å². The number of hydrogen-bond donors (Lipinski definition) is 0. The van der Waals surface area contributed by atoms with Gasteiger partial charge in [0.2, 0.25) is 0 Å². The molecule has 1 aromatic rings. The second-order valence-corrected chi connectivity index (χ2v) is 4.77. The number of ether oxygens (including phenoxy) is 2. The van der Waals surface area contributed by atoms with Crippen LogP contribution in [0.1, 0.15) is 18.4 Å². The van der Waals surface area contributed by atoms with Crippen LogP contribution < -0.4 is 9.47 Å². The Hall–Kier alpha value is -1.73. The molecule has 1 atom stereocenters. The lowest BCUT2D eigenvalue weighted by Crippen LogP contribution is -2.33. The first-order chi connectivity index (χ1) is 9.28. The Morgan fingerprint density at radius 1 is 1.26 bits per heavy atom. The Morgan fingerprint density at radius 3 is 2.58 bits per heavy atom. The number of methoxy groups -OCH3 is 2. The number of hydrogen-bond acceptors (Lipinski definition) is 4. The molecule has 0 N–H and O–H groups in total. The Bertz CT molecular complexity index is 462. The van der Waals surface area contributed by atoms with Crippen LogP contribution in [0.4, 0.5) is 0 Å². The van der Waals surface area contributed by atoms with Gasteiger partial charge in [-0.25, -0.2) is 0 Å². The van der Waals surface area contributed by atoms with Gasteiger partial charge < -0.3 is 9.47 Å². The van der Waals surface area contributed by atoms with E-state index >= 15 is 0 Å². The smallest absolute Gasteiger partial charge is 0.122 e. The van der Waals surface area contributed by atoms with Crippen LogP contribution in [0, 0.1) is 11.3 Å². The summed E-state index contributed by atoms with van der Waals surface area (Å²) >= 11 is 0.